The second kappa shape index (κ2) is 8.19. The van der Waals surface area contributed by atoms with Crippen LogP contribution in [0.25, 0.3) is 0 Å². The molecule has 2 nitrogen and oxygen atoms in total. The standard InChI is InChI=1S/C18H30BrNO/c1-13(2)8-7-9-21-17-14(3)10-16(19)11-15(17)12-20-18(4,5)6/h10-11,13,20H,7-9,12H2,1-6H3. The number of hydrogen-bond acceptors (Lipinski definition) is 2. The summed E-state index contributed by atoms with van der Waals surface area (Å²) in [4.78, 5) is 0. The summed E-state index contributed by atoms with van der Waals surface area (Å²) in [7, 11) is 0. The lowest BCUT2D eigenvalue weighted by molar-refractivity contribution is 0.291. The molecule has 0 saturated carbocycles. The normalized spacial score (nSPS) is 12.0. The Morgan fingerprint density at radius 3 is 2.48 bits per heavy atom. The fourth-order valence-electron chi connectivity index (χ4n) is 2.16. The minimum Gasteiger partial charge on any atom is -0.493 e. The first-order valence-electron chi connectivity index (χ1n) is 7.86. The molecule has 0 atom stereocenters. The van der Waals surface area contributed by atoms with Gasteiger partial charge in [-0.15, -0.1) is 0 Å². The Balaban J connectivity index is 2.75. The van der Waals surface area contributed by atoms with E-state index in [2.05, 4.69) is 74.9 Å². The van der Waals surface area contributed by atoms with E-state index in [1.54, 1.807) is 0 Å². The maximum Gasteiger partial charge on any atom is 0.126 e. The van der Waals surface area contributed by atoms with Crippen LogP contribution in [0, 0.1) is 12.8 Å². The number of benzene rings is 1. The number of halogens is 1. The molecular formula is C18H30BrNO. The third-order valence-electron chi connectivity index (χ3n) is 3.30. The average Bonchev–Trinajstić information content (AvgIpc) is 2.32. The van der Waals surface area contributed by atoms with Crippen molar-refractivity contribution in [1.82, 2.24) is 5.32 Å². The fraction of sp³-hybridized carbons (Fsp3) is 0.667. The van der Waals surface area contributed by atoms with Gasteiger partial charge in [0.25, 0.3) is 0 Å². The van der Waals surface area contributed by atoms with E-state index in [4.69, 9.17) is 4.74 Å². The van der Waals surface area contributed by atoms with Gasteiger partial charge in [0.2, 0.25) is 0 Å². The van der Waals surface area contributed by atoms with Gasteiger partial charge in [-0.3, -0.25) is 0 Å². The molecule has 0 aromatic heterocycles. The van der Waals surface area contributed by atoms with Crippen LogP contribution in [-0.4, -0.2) is 12.1 Å². The summed E-state index contributed by atoms with van der Waals surface area (Å²) in [6.45, 7) is 14.8. The topological polar surface area (TPSA) is 21.3 Å². The summed E-state index contributed by atoms with van der Waals surface area (Å²) in [5.74, 6) is 1.78. The number of hydrogen-bond donors (Lipinski definition) is 1. The van der Waals surface area contributed by atoms with Crippen molar-refractivity contribution in [1.29, 1.82) is 0 Å². The minimum absolute atomic E-state index is 0.102. The van der Waals surface area contributed by atoms with Gasteiger partial charge < -0.3 is 10.1 Å². The zero-order valence-electron chi connectivity index (χ0n) is 14.3. The Morgan fingerprint density at radius 2 is 1.90 bits per heavy atom. The molecule has 1 N–H and O–H groups in total. The number of rotatable bonds is 7. The Bertz CT molecular complexity index is 449. The SMILES string of the molecule is Cc1cc(Br)cc(CNC(C)(C)C)c1OCCCC(C)C. The zero-order valence-corrected chi connectivity index (χ0v) is 15.9. The minimum atomic E-state index is 0.102. The van der Waals surface area contributed by atoms with Crippen molar-refractivity contribution in [3.63, 3.8) is 0 Å². The van der Waals surface area contributed by atoms with Crippen LogP contribution in [0.3, 0.4) is 0 Å². The first-order chi connectivity index (χ1) is 9.69. The van der Waals surface area contributed by atoms with Crippen molar-refractivity contribution in [3.05, 3.63) is 27.7 Å². The largest absolute Gasteiger partial charge is 0.493 e. The Morgan fingerprint density at radius 1 is 1.24 bits per heavy atom. The smallest absolute Gasteiger partial charge is 0.126 e. The summed E-state index contributed by atoms with van der Waals surface area (Å²) in [6.07, 6.45) is 2.32. The number of nitrogens with one attached hydrogen (secondary N) is 1. The molecule has 0 aliphatic heterocycles. The van der Waals surface area contributed by atoms with E-state index in [0.29, 0.717) is 0 Å². The van der Waals surface area contributed by atoms with Crippen LogP contribution in [0.15, 0.2) is 16.6 Å². The molecular weight excluding hydrogens is 326 g/mol. The summed E-state index contributed by atoms with van der Waals surface area (Å²) in [6, 6.07) is 4.28. The molecule has 120 valence electrons. The third kappa shape index (κ3) is 7.32. The molecule has 0 spiro atoms. The van der Waals surface area contributed by atoms with Crippen LogP contribution < -0.4 is 10.1 Å². The molecule has 0 unspecified atom stereocenters. The van der Waals surface area contributed by atoms with Crippen LogP contribution >= 0.6 is 15.9 Å². The molecule has 0 aliphatic carbocycles. The highest BCUT2D eigenvalue weighted by Gasteiger charge is 2.13. The van der Waals surface area contributed by atoms with Gasteiger partial charge in [-0.2, -0.15) is 0 Å². The molecule has 0 saturated heterocycles. The van der Waals surface area contributed by atoms with Gasteiger partial charge in [-0.25, -0.2) is 0 Å². The molecule has 0 bridgehead atoms. The summed E-state index contributed by atoms with van der Waals surface area (Å²) < 4.78 is 7.19. The van der Waals surface area contributed by atoms with Crippen LogP contribution in [0.5, 0.6) is 5.75 Å². The van der Waals surface area contributed by atoms with Gasteiger partial charge in [-0.1, -0.05) is 29.8 Å². The highest BCUT2D eigenvalue weighted by atomic mass is 79.9. The van der Waals surface area contributed by atoms with Crippen molar-refractivity contribution < 1.29 is 4.74 Å². The first-order valence-corrected chi connectivity index (χ1v) is 8.65. The third-order valence-corrected chi connectivity index (χ3v) is 3.76. The molecule has 1 aromatic carbocycles. The molecule has 21 heavy (non-hydrogen) atoms. The van der Waals surface area contributed by atoms with Gasteiger partial charge in [0.05, 0.1) is 6.61 Å². The summed E-state index contributed by atoms with van der Waals surface area (Å²) in [5.41, 5.74) is 2.52. The second-order valence-electron chi connectivity index (χ2n) is 7.20. The van der Waals surface area contributed by atoms with Crippen molar-refractivity contribution in [2.45, 2.75) is 66.5 Å². The molecule has 0 amide bonds. The van der Waals surface area contributed by atoms with E-state index in [9.17, 15) is 0 Å². The Hall–Kier alpha value is -0.540. The molecule has 0 fully saturated rings. The Labute approximate surface area is 138 Å². The zero-order chi connectivity index (χ0) is 16.0. The highest BCUT2D eigenvalue weighted by Crippen LogP contribution is 2.29. The quantitative estimate of drug-likeness (QED) is 0.655. The summed E-state index contributed by atoms with van der Waals surface area (Å²) in [5, 5.41) is 3.54. The lowest BCUT2D eigenvalue weighted by atomic mass is 10.1. The van der Waals surface area contributed by atoms with Crippen molar-refractivity contribution >= 4 is 15.9 Å². The molecule has 3 heteroatoms. The highest BCUT2D eigenvalue weighted by molar-refractivity contribution is 9.10. The van der Waals surface area contributed by atoms with Gasteiger partial charge in [0.1, 0.15) is 5.75 Å². The molecule has 1 rings (SSSR count). The average molecular weight is 356 g/mol. The van der Waals surface area contributed by atoms with E-state index in [-0.39, 0.29) is 5.54 Å². The predicted molar refractivity (Wildman–Crippen MR) is 95.0 cm³/mol. The molecule has 0 heterocycles. The fourth-order valence-corrected chi connectivity index (χ4v) is 2.78. The Kier molecular flexibility index (Phi) is 7.22. The van der Waals surface area contributed by atoms with Crippen LogP contribution in [0.1, 0.15) is 58.6 Å². The van der Waals surface area contributed by atoms with Gasteiger partial charge in [-0.05, 0) is 64.2 Å². The van der Waals surface area contributed by atoms with E-state index in [1.165, 1.54) is 17.5 Å². The molecule has 0 radical (unpaired) electrons. The molecule has 1 aromatic rings. The monoisotopic (exact) mass is 355 g/mol. The molecule has 0 aliphatic rings. The van der Waals surface area contributed by atoms with Gasteiger partial charge >= 0.3 is 0 Å². The van der Waals surface area contributed by atoms with E-state index in [1.807, 2.05) is 0 Å². The van der Waals surface area contributed by atoms with Gasteiger partial charge in [0, 0.05) is 22.1 Å². The maximum absolute atomic E-state index is 6.08. The van der Waals surface area contributed by atoms with Crippen LogP contribution in [0.4, 0.5) is 0 Å². The number of aryl methyl sites for hydroxylation is 1. The second-order valence-corrected chi connectivity index (χ2v) is 8.11. The lowest BCUT2D eigenvalue weighted by Crippen LogP contribution is -2.35. The van der Waals surface area contributed by atoms with E-state index in [0.717, 1.165) is 35.7 Å². The van der Waals surface area contributed by atoms with E-state index >= 15 is 0 Å². The summed E-state index contributed by atoms with van der Waals surface area (Å²) >= 11 is 3.59. The van der Waals surface area contributed by atoms with Crippen LogP contribution in [-0.2, 0) is 6.54 Å². The lowest BCUT2D eigenvalue weighted by Gasteiger charge is -2.22. The predicted octanol–water partition coefficient (Wildman–Crippen LogP) is 5.46. The van der Waals surface area contributed by atoms with Crippen molar-refractivity contribution in [2.75, 3.05) is 6.61 Å². The maximum atomic E-state index is 6.08. The van der Waals surface area contributed by atoms with Crippen molar-refractivity contribution in [3.8, 4) is 5.75 Å². The number of ether oxygens (including phenoxy) is 1. The van der Waals surface area contributed by atoms with Gasteiger partial charge in [0.15, 0.2) is 0 Å². The first kappa shape index (κ1) is 18.5. The van der Waals surface area contributed by atoms with Crippen molar-refractivity contribution in [2.24, 2.45) is 5.92 Å². The van der Waals surface area contributed by atoms with E-state index < -0.39 is 0 Å². The van der Waals surface area contributed by atoms with Crippen LogP contribution in [0.2, 0.25) is 0 Å².